The van der Waals surface area contributed by atoms with Crippen LogP contribution in [-0.2, 0) is 0 Å². The van der Waals surface area contributed by atoms with Crippen LogP contribution in [0.15, 0.2) is 54.6 Å². The standard InChI is InChI=1S/C20H23N5/c1-16-9-11-19(12-10-16)25-20(21-22-23-25)24-14-5-8-18(13-15-24)17-6-3-2-4-7-17/h2-4,6-7,9-12,18H,5,8,13-15H2,1H3/t18-/m0/s1. The summed E-state index contributed by atoms with van der Waals surface area (Å²) < 4.78 is 1.85. The van der Waals surface area contributed by atoms with Crippen molar-refractivity contribution in [3.63, 3.8) is 0 Å². The van der Waals surface area contributed by atoms with Crippen molar-refractivity contribution in [3.05, 3.63) is 65.7 Å². The van der Waals surface area contributed by atoms with Gasteiger partial charge in [0.25, 0.3) is 0 Å². The van der Waals surface area contributed by atoms with Crippen LogP contribution in [0.2, 0.25) is 0 Å². The minimum atomic E-state index is 0.620. The van der Waals surface area contributed by atoms with Gasteiger partial charge in [-0.05, 0) is 60.2 Å². The van der Waals surface area contributed by atoms with Gasteiger partial charge < -0.3 is 4.90 Å². The second-order valence-electron chi connectivity index (χ2n) is 6.75. The fraction of sp³-hybridized carbons (Fsp3) is 0.350. The van der Waals surface area contributed by atoms with Gasteiger partial charge in [0.05, 0.1) is 5.69 Å². The van der Waals surface area contributed by atoms with Gasteiger partial charge in [0.1, 0.15) is 0 Å². The number of benzene rings is 2. The van der Waals surface area contributed by atoms with E-state index in [0.29, 0.717) is 5.92 Å². The molecule has 4 rings (SSSR count). The Morgan fingerprint density at radius 1 is 0.920 bits per heavy atom. The molecular weight excluding hydrogens is 310 g/mol. The molecule has 1 aromatic heterocycles. The zero-order chi connectivity index (χ0) is 17.1. The van der Waals surface area contributed by atoms with Crippen molar-refractivity contribution in [3.8, 4) is 5.69 Å². The van der Waals surface area contributed by atoms with E-state index in [1.165, 1.54) is 17.5 Å². The molecule has 1 atom stereocenters. The summed E-state index contributed by atoms with van der Waals surface area (Å²) in [4.78, 5) is 2.32. The Morgan fingerprint density at radius 3 is 2.52 bits per heavy atom. The maximum Gasteiger partial charge on any atom is 0.250 e. The van der Waals surface area contributed by atoms with Gasteiger partial charge in [-0.3, -0.25) is 0 Å². The zero-order valence-corrected chi connectivity index (χ0v) is 14.5. The van der Waals surface area contributed by atoms with E-state index in [1.807, 2.05) is 4.68 Å². The van der Waals surface area contributed by atoms with Crippen molar-refractivity contribution in [1.29, 1.82) is 0 Å². The molecule has 1 aliphatic heterocycles. The highest BCUT2D eigenvalue weighted by molar-refractivity contribution is 5.42. The second-order valence-corrected chi connectivity index (χ2v) is 6.75. The average molecular weight is 333 g/mol. The van der Waals surface area contributed by atoms with Crippen LogP contribution in [0.1, 0.15) is 36.3 Å². The molecule has 0 amide bonds. The molecule has 1 saturated heterocycles. The van der Waals surface area contributed by atoms with Gasteiger partial charge in [-0.15, -0.1) is 0 Å². The van der Waals surface area contributed by atoms with Crippen molar-refractivity contribution in [1.82, 2.24) is 20.2 Å². The molecule has 0 spiro atoms. The largest absolute Gasteiger partial charge is 0.339 e. The lowest BCUT2D eigenvalue weighted by molar-refractivity contribution is 0.611. The Kier molecular flexibility index (Phi) is 4.46. The van der Waals surface area contributed by atoms with E-state index in [1.54, 1.807) is 0 Å². The highest BCUT2D eigenvalue weighted by Crippen LogP contribution is 2.29. The van der Waals surface area contributed by atoms with Crippen LogP contribution < -0.4 is 4.90 Å². The minimum Gasteiger partial charge on any atom is -0.339 e. The van der Waals surface area contributed by atoms with Crippen molar-refractivity contribution in [2.75, 3.05) is 18.0 Å². The molecule has 2 heterocycles. The highest BCUT2D eigenvalue weighted by atomic mass is 15.6. The zero-order valence-electron chi connectivity index (χ0n) is 14.5. The average Bonchev–Trinajstić information content (AvgIpc) is 3.01. The summed E-state index contributed by atoms with van der Waals surface area (Å²) in [5, 5.41) is 12.4. The Hall–Kier alpha value is -2.69. The molecule has 128 valence electrons. The first kappa shape index (κ1) is 15.8. The summed E-state index contributed by atoms with van der Waals surface area (Å²) in [7, 11) is 0. The van der Waals surface area contributed by atoms with Crippen molar-refractivity contribution in [2.24, 2.45) is 0 Å². The number of tetrazole rings is 1. The number of aryl methyl sites for hydroxylation is 1. The summed E-state index contributed by atoms with van der Waals surface area (Å²) in [5.41, 5.74) is 3.69. The van der Waals surface area contributed by atoms with E-state index in [2.05, 4.69) is 81.9 Å². The summed E-state index contributed by atoms with van der Waals surface area (Å²) in [5.74, 6) is 1.47. The lowest BCUT2D eigenvalue weighted by Crippen LogP contribution is -2.27. The lowest BCUT2D eigenvalue weighted by Gasteiger charge is -2.21. The van der Waals surface area contributed by atoms with E-state index >= 15 is 0 Å². The van der Waals surface area contributed by atoms with Gasteiger partial charge >= 0.3 is 0 Å². The third kappa shape index (κ3) is 3.40. The number of hydrogen-bond donors (Lipinski definition) is 0. The van der Waals surface area contributed by atoms with Gasteiger partial charge in [0.15, 0.2) is 0 Å². The van der Waals surface area contributed by atoms with Gasteiger partial charge in [-0.1, -0.05) is 53.1 Å². The van der Waals surface area contributed by atoms with Crippen LogP contribution >= 0.6 is 0 Å². The molecule has 0 saturated carbocycles. The summed E-state index contributed by atoms with van der Waals surface area (Å²) in [6.07, 6.45) is 3.50. The molecule has 25 heavy (non-hydrogen) atoms. The topological polar surface area (TPSA) is 46.8 Å². The molecule has 2 aromatic carbocycles. The molecule has 0 radical (unpaired) electrons. The van der Waals surface area contributed by atoms with Crippen LogP contribution in [0.25, 0.3) is 5.69 Å². The van der Waals surface area contributed by atoms with Gasteiger partial charge in [-0.2, -0.15) is 4.68 Å². The third-order valence-corrected chi connectivity index (χ3v) is 5.01. The van der Waals surface area contributed by atoms with E-state index < -0.39 is 0 Å². The SMILES string of the molecule is Cc1ccc(-n2nnnc2N2CCC[C@H](c3ccccc3)CC2)cc1. The number of aromatic nitrogens is 4. The first-order valence-electron chi connectivity index (χ1n) is 8.96. The fourth-order valence-electron chi connectivity index (χ4n) is 3.59. The molecule has 1 aliphatic rings. The van der Waals surface area contributed by atoms with Crippen molar-refractivity contribution >= 4 is 5.95 Å². The number of anilines is 1. The normalized spacial score (nSPS) is 18.1. The summed E-state index contributed by atoms with van der Waals surface area (Å²) >= 11 is 0. The maximum atomic E-state index is 4.31. The molecule has 5 heteroatoms. The fourth-order valence-corrected chi connectivity index (χ4v) is 3.59. The number of nitrogens with zero attached hydrogens (tertiary/aromatic N) is 5. The molecule has 0 N–H and O–H groups in total. The number of hydrogen-bond acceptors (Lipinski definition) is 4. The number of rotatable bonds is 3. The Balaban J connectivity index is 1.54. The molecular formula is C20H23N5. The first-order valence-corrected chi connectivity index (χ1v) is 8.96. The van der Waals surface area contributed by atoms with E-state index in [9.17, 15) is 0 Å². The molecule has 0 bridgehead atoms. The van der Waals surface area contributed by atoms with E-state index in [-0.39, 0.29) is 0 Å². The minimum absolute atomic E-state index is 0.620. The second kappa shape index (κ2) is 7.05. The highest BCUT2D eigenvalue weighted by Gasteiger charge is 2.22. The van der Waals surface area contributed by atoms with Gasteiger partial charge in [0, 0.05) is 13.1 Å². The van der Waals surface area contributed by atoms with Gasteiger partial charge in [-0.25, -0.2) is 0 Å². The van der Waals surface area contributed by atoms with Crippen LogP contribution in [-0.4, -0.2) is 33.3 Å². The predicted octanol–water partition coefficient (Wildman–Crippen LogP) is 3.74. The van der Waals surface area contributed by atoms with Crippen LogP contribution in [0.4, 0.5) is 5.95 Å². The Bertz CT molecular complexity index is 810. The third-order valence-electron chi connectivity index (χ3n) is 5.01. The lowest BCUT2D eigenvalue weighted by atomic mass is 9.92. The summed E-state index contributed by atoms with van der Waals surface area (Å²) in [6.45, 7) is 4.06. The molecule has 0 unspecified atom stereocenters. The van der Waals surface area contributed by atoms with Crippen molar-refractivity contribution < 1.29 is 0 Å². The molecule has 0 aliphatic carbocycles. The van der Waals surface area contributed by atoms with E-state index in [0.717, 1.165) is 37.6 Å². The Labute approximate surface area is 148 Å². The van der Waals surface area contributed by atoms with Crippen LogP contribution in [0, 0.1) is 6.92 Å². The first-order chi connectivity index (χ1) is 12.3. The molecule has 3 aromatic rings. The van der Waals surface area contributed by atoms with Gasteiger partial charge in [0.2, 0.25) is 5.95 Å². The smallest absolute Gasteiger partial charge is 0.250 e. The molecule has 5 nitrogen and oxygen atoms in total. The quantitative estimate of drug-likeness (QED) is 0.732. The summed E-state index contributed by atoms with van der Waals surface area (Å²) in [6, 6.07) is 19.2. The molecule has 1 fully saturated rings. The van der Waals surface area contributed by atoms with Crippen LogP contribution in [0.5, 0.6) is 0 Å². The van der Waals surface area contributed by atoms with Crippen LogP contribution in [0.3, 0.4) is 0 Å². The monoisotopic (exact) mass is 333 g/mol. The van der Waals surface area contributed by atoms with E-state index in [4.69, 9.17) is 0 Å². The van der Waals surface area contributed by atoms with Crippen molar-refractivity contribution in [2.45, 2.75) is 32.1 Å². The predicted molar refractivity (Wildman–Crippen MR) is 99.1 cm³/mol. The Morgan fingerprint density at radius 2 is 1.72 bits per heavy atom. The maximum absolute atomic E-state index is 4.31.